The van der Waals surface area contributed by atoms with Crippen LogP contribution in [0.5, 0.6) is 0 Å². The molecule has 0 saturated carbocycles. The molecule has 1 atom stereocenters. The minimum Gasteiger partial charge on any atom is -0.335 e. The fourth-order valence-corrected chi connectivity index (χ4v) is 3.94. The van der Waals surface area contributed by atoms with Gasteiger partial charge < -0.3 is 5.32 Å². The van der Waals surface area contributed by atoms with Crippen LogP contribution in [0.4, 0.5) is 5.69 Å². The van der Waals surface area contributed by atoms with Crippen LogP contribution >= 0.6 is 11.8 Å². The Hall–Kier alpha value is -0.960. The van der Waals surface area contributed by atoms with Crippen LogP contribution in [0.3, 0.4) is 0 Å². The monoisotopic (exact) mass is 290 g/mol. The standard InChI is InChI=1S/C17H26N2S/c1-6-13-9-7-8-12(2)15(13)19-16-18-11-14(20-16)10-17(3,4)5/h7-9,14H,6,10-11H2,1-5H3,(H,18,19). The molecule has 1 aromatic rings. The van der Waals surface area contributed by atoms with Gasteiger partial charge in [0.15, 0.2) is 5.17 Å². The summed E-state index contributed by atoms with van der Waals surface area (Å²) in [5, 5.41) is 5.26. The summed E-state index contributed by atoms with van der Waals surface area (Å²) < 4.78 is 0. The Morgan fingerprint density at radius 1 is 1.35 bits per heavy atom. The van der Waals surface area contributed by atoms with Crippen molar-refractivity contribution in [3.05, 3.63) is 29.3 Å². The molecule has 1 N–H and O–H groups in total. The van der Waals surface area contributed by atoms with Crippen molar-refractivity contribution in [1.29, 1.82) is 0 Å². The number of thioether (sulfide) groups is 1. The normalized spacial score (nSPS) is 19.1. The van der Waals surface area contributed by atoms with E-state index < -0.39 is 0 Å². The van der Waals surface area contributed by atoms with E-state index in [1.807, 2.05) is 11.8 Å². The molecule has 1 aliphatic rings. The maximum Gasteiger partial charge on any atom is 0.161 e. The molecule has 0 spiro atoms. The van der Waals surface area contributed by atoms with Gasteiger partial charge >= 0.3 is 0 Å². The van der Waals surface area contributed by atoms with E-state index >= 15 is 0 Å². The van der Waals surface area contributed by atoms with E-state index in [0.717, 1.165) is 18.1 Å². The second-order valence-electron chi connectivity index (χ2n) is 6.74. The number of nitrogens with one attached hydrogen (secondary N) is 1. The predicted molar refractivity (Wildman–Crippen MR) is 91.9 cm³/mol. The summed E-state index contributed by atoms with van der Waals surface area (Å²) in [7, 11) is 0. The second-order valence-corrected chi connectivity index (χ2v) is 8.03. The Morgan fingerprint density at radius 3 is 2.75 bits per heavy atom. The van der Waals surface area contributed by atoms with Crippen LogP contribution in [0, 0.1) is 12.3 Å². The minimum absolute atomic E-state index is 0.375. The first kappa shape index (κ1) is 15.4. The number of nitrogens with zero attached hydrogens (tertiary/aromatic N) is 1. The lowest BCUT2D eigenvalue weighted by Crippen LogP contribution is -2.16. The Morgan fingerprint density at radius 2 is 2.10 bits per heavy atom. The van der Waals surface area contributed by atoms with Gasteiger partial charge in [-0.25, -0.2) is 0 Å². The van der Waals surface area contributed by atoms with E-state index in [9.17, 15) is 0 Å². The zero-order chi connectivity index (χ0) is 14.8. The summed E-state index contributed by atoms with van der Waals surface area (Å²) in [5.41, 5.74) is 4.29. The SMILES string of the molecule is CCc1cccc(C)c1NC1=NCC(CC(C)(C)C)S1. The van der Waals surface area contributed by atoms with Crippen molar-refractivity contribution >= 4 is 22.6 Å². The highest BCUT2D eigenvalue weighted by Crippen LogP contribution is 2.33. The quantitative estimate of drug-likeness (QED) is 0.858. The van der Waals surface area contributed by atoms with Gasteiger partial charge in [0.05, 0.1) is 6.54 Å². The first-order valence-corrected chi connectivity index (χ1v) is 8.33. The molecule has 0 bridgehead atoms. The van der Waals surface area contributed by atoms with Crippen LogP contribution in [0.1, 0.15) is 45.2 Å². The summed E-state index contributed by atoms with van der Waals surface area (Å²) in [6, 6.07) is 6.49. The second kappa shape index (κ2) is 6.21. The van der Waals surface area contributed by atoms with E-state index in [0.29, 0.717) is 10.7 Å². The molecule has 1 aliphatic heterocycles. The van der Waals surface area contributed by atoms with Gasteiger partial charge in [-0.2, -0.15) is 0 Å². The lowest BCUT2D eigenvalue weighted by Gasteiger charge is -2.21. The van der Waals surface area contributed by atoms with Gasteiger partial charge in [0, 0.05) is 10.9 Å². The molecule has 0 fully saturated rings. The average Bonchev–Trinajstić information content (AvgIpc) is 2.77. The van der Waals surface area contributed by atoms with Crippen molar-refractivity contribution in [3.8, 4) is 0 Å². The van der Waals surface area contributed by atoms with Crippen LogP contribution in [-0.2, 0) is 6.42 Å². The van der Waals surface area contributed by atoms with Crippen molar-refractivity contribution in [3.63, 3.8) is 0 Å². The number of benzene rings is 1. The number of para-hydroxylation sites is 1. The van der Waals surface area contributed by atoms with Crippen molar-refractivity contribution < 1.29 is 0 Å². The topological polar surface area (TPSA) is 24.4 Å². The van der Waals surface area contributed by atoms with Gasteiger partial charge in [-0.3, -0.25) is 4.99 Å². The van der Waals surface area contributed by atoms with Gasteiger partial charge in [-0.05, 0) is 36.3 Å². The average molecular weight is 290 g/mol. The molecule has 2 rings (SSSR count). The number of aryl methyl sites for hydroxylation is 2. The van der Waals surface area contributed by atoms with Gasteiger partial charge in [-0.1, -0.05) is 57.7 Å². The molecule has 2 nitrogen and oxygen atoms in total. The Bertz CT molecular complexity index is 500. The third-order valence-corrected chi connectivity index (χ3v) is 4.63. The number of rotatable bonds is 3. The van der Waals surface area contributed by atoms with Gasteiger partial charge in [0.25, 0.3) is 0 Å². The molecule has 1 aromatic carbocycles. The van der Waals surface area contributed by atoms with Crippen LogP contribution in [0.25, 0.3) is 0 Å². The van der Waals surface area contributed by atoms with Gasteiger partial charge in [0.1, 0.15) is 0 Å². The van der Waals surface area contributed by atoms with E-state index in [1.54, 1.807) is 0 Å². The van der Waals surface area contributed by atoms with Crippen LogP contribution in [0.15, 0.2) is 23.2 Å². The molecule has 20 heavy (non-hydrogen) atoms. The molecule has 1 heterocycles. The number of amidine groups is 1. The molecule has 0 aliphatic carbocycles. The lowest BCUT2D eigenvalue weighted by atomic mass is 9.90. The first-order chi connectivity index (χ1) is 9.39. The number of hydrogen-bond acceptors (Lipinski definition) is 3. The zero-order valence-corrected chi connectivity index (χ0v) is 14.1. The van der Waals surface area contributed by atoms with Crippen LogP contribution in [0.2, 0.25) is 0 Å². The van der Waals surface area contributed by atoms with Crippen LogP contribution in [-0.4, -0.2) is 17.0 Å². The highest BCUT2D eigenvalue weighted by molar-refractivity contribution is 8.15. The van der Waals surface area contributed by atoms with Crippen molar-refractivity contribution in [2.45, 2.75) is 52.7 Å². The maximum atomic E-state index is 4.68. The highest BCUT2D eigenvalue weighted by Gasteiger charge is 2.25. The molecule has 0 saturated heterocycles. The molecule has 3 heteroatoms. The molecular weight excluding hydrogens is 264 g/mol. The largest absolute Gasteiger partial charge is 0.335 e. The molecule has 0 aromatic heterocycles. The third-order valence-electron chi connectivity index (χ3n) is 3.53. The first-order valence-electron chi connectivity index (χ1n) is 7.45. The Labute approximate surface area is 127 Å². The van der Waals surface area contributed by atoms with Crippen molar-refractivity contribution in [2.75, 3.05) is 11.9 Å². The van der Waals surface area contributed by atoms with E-state index in [4.69, 9.17) is 0 Å². The van der Waals surface area contributed by atoms with E-state index in [-0.39, 0.29) is 0 Å². The number of hydrogen-bond donors (Lipinski definition) is 1. The molecule has 0 radical (unpaired) electrons. The van der Waals surface area contributed by atoms with Gasteiger partial charge in [0.2, 0.25) is 0 Å². The number of anilines is 1. The van der Waals surface area contributed by atoms with E-state index in [1.165, 1.54) is 23.2 Å². The third kappa shape index (κ3) is 4.02. The highest BCUT2D eigenvalue weighted by atomic mass is 32.2. The summed E-state index contributed by atoms with van der Waals surface area (Å²) in [5.74, 6) is 0. The Balaban J connectivity index is 2.03. The fraction of sp³-hybridized carbons (Fsp3) is 0.588. The molecule has 0 amide bonds. The maximum absolute atomic E-state index is 4.68. The molecule has 110 valence electrons. The fourth-order valence-electron chi connectivity index (χ4n) is 2.58. The van der Waals surface area contributed by atoms with Gasteiger partial charge in [-0.15, -0.1) is 0 Å². The lowest BCUT2D eigenvalue weighted by molar-refractivity contribution is 0.375. The predicted octanol–water partition coefficient (Wildman–Crippen LogP) is 4.88. The van der Waals surface area contributed by atoms with Crippen molar-refractivity contribution in [2.24, 2.45) is 10.4 Å². The van der Waals surface area contributed by atoms with Crippen LogP contribution < -0.4 is 5.32 Å². The minimum atomic E-state index is 0.375. The summed E-state index contributed by atoms with van der Waals surface area (Å²) in [6.45, 7) is 12.2. The van der Waals surface area contributed by atoms with E-state index in [2.05, 4.69) is 63.1 Å². The zero-order valence-electron chi connectivity index (χ0n) is 13.3. The smallest absolute Gasteiger partial charge is 0.161 e. The Kier molecular flexibility index (Phi) is 4.79. The number of aliphatic imine (C=N–C) groups is 1. The molecular formula is C17H26N2S. The molecule has 1 unspecified atom stereocenters. The van der Waals surface area contributed by atoms with Crippen molar-refractivity contribution in [1.82, 2.24) is 0 Å². The summed E-state index contributed by atoms with van der Waals surface area (Å²) in [6.07, 6.45) is 2.26. The summed E-state index contributed by atoms with van der Waals surface area (Å²) >= 11 is 1.90. The summed E-state index contributed by atoms with van der Waals surface area (Å²) in [4.78, 5) is 4.68.